The fraction of sp³-hybridized carbons (Fsp3) is 0.238. The molecule has 0 saturated carbocycles. The summed E-state index contributed by atoms with van der Waals surface area (Å²) in [6.45, 7) is 4.91. The van der Waals surface area contributed by atoms with Gasteiger partial charge in [0.05, 0.1) is 11.4 Å². The minimum absolute atomic E-state index is 0.143. The van der Waals surface area contributed by atoms with Crippen molar-refractivity contribution in [1.29, 1.82) is 0 Å². The number of aromatic nitrogens is 1. The van der Waals surface area contributed by atoms with Crippen molar-refractivity contribution < 1.29 is 4.79 Å². The molecule has 1 atom stereocenters. The Morgan fingerprint density at radius 1 is 1.04 bits per heavy atom. The van der Waals surface area contributed by atoms with Gasteiger partial charge in [0.2, 0.25) is 5.91 Å². The SMILES string of the molecule is CCCN1C(=O)C(c2ccccc2)c2c1nc1ccccc1c2C. The topological polar surface area (TPSA) is 33.2 Å². The van der Waals surface area contributed by atoms with Crippen LogP contribution >= 0.6 is 0 Å². The standard InChI is InChI=1S/C21H20N2O/c1-3-13-23-20-18(14(2)16-11-7-8-12-17(16)22-20)19(21(23)24)15-9-5-4-6-10-15/h4-12,19H,3,13H2,1-2H3. The number of hydrogen-bond donors (Lipinski definition) is 0. The van der Waals surface area contributed by atoms with Gasteiger partial charge in [-0.1, -0.05) is 55.5 Å². The van der Waals surface area contributed by atoms with Crippen LogP contribution in [0, 0.1) is 6.92 Å². The Balaban J connectivity index is 2.01. The Morgan fingerprint density at radius 2 is 1.75 bits per heavy atom. The highest BCUT2D eigenvalue weighted by Crippen LogP contribution is 2.43. The molecule has 2 heterocycles. The summed E-state index contributed by atoms with van der Waals surface area (Å²) in [5.74, 6) is 0.737. The first-order valence-corrected chi connectivity index (χ1v) is 8.48. The highest BCUT2D eigenvalue weighted by Gasteiger charge is 2.40. The van der Waals surface area contributed by atoms with Crippen molar-refractivity contribution in [3.63, 3.8) is 0 Å². The zero-order chi connectivity index (χ0) is 16.7. The van der Waals surface area contributed by atoms with E-state index in [4.69, 9.17) is 4.98 Å². The van der Waals surface area contributed by atoms with Crippen molar-refractivity contribution in [2.24, 2.45) is 0 Å². The monoisotopic (exact) mass is 316 g/mol. The number of carbonyl (C=O) groups is 1. The van der Waals surface area contributed by atoms with E-state index in [-0.39, 0.29) is 11.8 Å². The fourth-order valence-electron chi connectivity index (χ4n) is 3.70. The van der Waals surface area contributed by atoms with E-state index in [2.05, 4.69) is 19.9 Å². The van der Waals surface area contributed by atoms with Crippen LogP contribution in [0.15, 0.2) is 54.6 Å². The molecule has 1 amide bonds. The van der Waals surface area contributed by atoms with Crippen molar-refractivity contribution in [3.05, 3.63) is 71.3 Å². The summed E-state index contributed by atoms with van der Waals surface area (Å²) in [6, 6.07) is 18.2. The minimum atomic E-state index is -0.246. The van der Waals surface area contributed by atoms with Crippen LogP contribution < -0.4 is 4.90 Å². The first-order chi connectivity index (χ1) is 11.7. The van der Waals surface area contributed by atoms with Crippen LogP contribution in [0.1, 0.15) is 36.0 Å². The number of nitrogens with zero attached hydrogens (tertiary/aromatic N) is 2. The quantitative estimate of drug-likeness (QED) is 0.716. The summed E-state index contributed by atoms with van der Waals surface area (Å²) in [4.78, 5) is 19.9. The van der Waals surface area contributed by atoms with Crippen LogP contribution in [0.3, 0.4) is 0 Å². The van der Waals surface area contributed by atoms with Crippen LogP contribution in [-0.2, 0) is 4.79 Å². The second kappa shape index (κ2) is 5.75. The van der Waals surface area contributed by atoms with Crippen LogP contribution in [0.4, 0.5) is 5.82 Å². The third-order valence-corrected chi connectivity index (χ3v) is 4.82. The van der Waals surface area contributed by atoms with Crippen molar-refractivity contribution in [2.45, 2.75) is 26.2 Å². The molecule has 0 fully saturated rings. The molecule has 24 heavy (non-hydrogen) atoms. The van der Waals surface area contributed by atoms with E-state index in [1.807, 2.05) is 53.4 Å². The van der Waals surface area contributed by atoms with Gasteiger partial charge in [-0.2, -0.15) is 0 Å². The van der Waals surface area contributed by atoms with E-state index >= 15 is 0 Å². The van der Waals surface area contributed by atoms with E-state index in [0.29, 0.717) is 6.54 Å². The molecule has 0 spiro atoms. The summed E-state index contributed by atoms with van der Waals surface area (Å²) >= 11 is 0. The molecule has 4 rings (SSSR count). The van der Waals surface area contributed by atoms with Gasteiger partial charge in [0, 0.05) is 17.5 Å². The average molecular weight is 316 g/mol. The normalized spacial score (nSPS) is 16.7. The third kappa shape index (κ3) is 2.12. The third-order valence-electron chi connectivity index (χ3n) is 4.82. The number of aryl methyl sites for hydroxylation is 1. The number of benzene rings is 2. The van der Waals surface area contributed by atoms with Crippen LogP contribution in [0.2, 0.25) is 0 Å². The molecule has 0 bridgehead atoms. The minimum Gasteiger partial charge on any atom is -0.296 e. The Bertz CT molecular complexity index is 918. The molecule has 2 aromatic carbocycles. The Labute approximate surface area is 141 Å². The molecule has 0 radical (unpaired) electrons. The van der Waals surface area contributed by atoms with E-state index in [1.165, 1.54) is 0 Å². The molecule has 1 aromatic heterocycles. The molecule has 1 aliphatic heterocycles. The van der Waals surface area contributed by atoms with E-state index in [1.54, 1.807) is 0 Å². The van der Waals surface area contributed by atoms with Gasteiger partial charge in [-0.05, 0) is 30.5 Å². The van der Waals surface area contributed by atoms with Crippen molar-refractivity contribution in [1.82, 2.24) is 4.98 Å². The first kappa shape index (κ1) is 14.9. The predicted molar refractivity (Wildman–Crippen MR) is 97.4 cm³/mol. The Kier molecular flexibility index (Phi) is 3.57. The second-order valence-corrected chi connectivity index (χ2v) is 6.32. The van der Waals surface area contributed by atoms with Gasteiger partial charge < -0.3 is 0 Å². The van der Waals surface area contributed by atoms with Gasteiger partial charge in [-0.25, -0.2) is 4.98 Å². The molecule has 1 unspecified atom stereocenters. The highest BCUT2D eigenvalue weighted by molar-refractivity contribution is 6.08. The number of pyridine rings is 1. The molecule has 3 aromatic rings. The number of amides is 1. The second-order valence-electron chi connectivity index (χ2n) is 6.32. The summed E-state index contributed by atoms with van der Waals surface area (Å²) < 4.78 is 0. The molecule has 3 nitrogen and oxygen atoms in total. The number of hydrogen-bond acceptors (Lipinski definition) is 2. The zero-order valence-electron chi connectivity index (χ0n) is 14.0. The lowest BCUT2D eigenvalue weighted by Crippen LogP contribution is -2.30. The van der Waals surface area contributed by atoms with Crippen molar-refractivity contribution >= 4 is 22.6 Å². The van der Waals surface area contributed by atoms with Gasteiger partial charge in [-0.15, -0.1) is 0 Å². The van der Waals surface area contributed by atoms with Gasteiger partial charge in [0.15, 0.2) is 0 Å². The fourth-order valence-corrected chi connectivity index (χ4v) is 3.70. The van der Waals surface area contributed by atoms with Crippen molar-refractivity contribution in [3.8, 4) is 0 Å². The van der Waals surface area contributed by atoms with Gasteiger partial charge in [-0.3, -0.25) is 9.69 Å². The Hall–Kier alpha value is -2.68. The molecule has 3 heteroatoms. The van der Waals surface area contributed by atoms with Crippen molar-refractivity contribution in [2.75, 3.05) is 11.4 Å². The molecule has 0 N–H and O–H groups in total. The maximum atomic E-state index is 13.2. The lowest BCUT2D eigenvalue weighted by Gasteiger charge is -2.16. The highest BCUT2D eigenvalue weighted by atomic mass is 16.2. The summed E-state index contributed by atoms with van der Waals surface area (Å²) in [5, 5.41) is 1.13. The molecule has 0 aliphatic carbocycles. The predicted octanol–water partition coefficient (Wildman–Crippen LogP) is 4.43. The number of carbonyl (C=O) groups excluding carboxylic acids is 1. The first-order valence-electron chi connectivity index (χ1n) is 8.48. The van der Waals surface area contributed by atoms with Crippen LogP contribution in [0.25, 0.3) is 10.9 Å². The average Bonchev–Trinajstić information content (AvgIpc) is 2.89. The number of para-hydroxylation sites is 1. The largest absolute Gasteiger partial charge is 0.296 e. The van der Waals surface area contributed by atoms with Crippen LogP contribution in [-0.4, -0.2) is 17.4 Å². The molecular weight excluding hydrogens is 296 g/mol. The summed E-state index contributed by atoms with van der Waals surface area (Å²) in [7, 11) is 0. The molecular formula is C21H20N2O. The smallest absolute Gasteiger partial charge is 0.240 e. The van der Waals surface area contributed by atoms with Gasteiger partial charge in [0.25, 0.3) is 0 Å². The van der Waals surface area contributed by atoms with Crippen LogP contribution in [0.5, 0.6) is 0 Å². The lowest BCUT2D eigenvalue weighted by atomic mass is 9.89. The van der Waals surface area contributed by atoms with E-state index < -0.39 is 0 Å². The van der Waals surface area contributed by atoms with E-state index in [9.17, 15) is 4.79 Å². The maximum Gasteiger partial charge on any atom is 0.240 e. The molecule has 1 aliphatic rings. The zero-order valence-corrected chi connectivity index (χ0v) is 14.0. The number of rotatable bonds is 3. The number of fused-ring (bicyclic) bond motifs is 2. The number of anilines is 1. The summed E-state index contributed by atoms with van der Waals surface area (Å²) in [5.41, 5.74) is 4.23. The van der Waals surface area contributed by atoms with Gasteiger partial charge >= 0.3 is 0 Å². The van der Waals surface area contributed by atoms with Gasteiger partial charge in [0.1, 0.15) is 5.82 Å². The summed E-state index contributed by atoms with van der Waals surface area (Å²) in [6.07, 6.45) is 0.917. The Morgan fingerprint density at radius 3 is 2.50 bits per heavy atom. The molecule has 0 saturated heterocycles. The lowest BCUT2D eigenvalue weighted by molar-refractivity contribution is -0.118. The maximum absolute atomic E-state index is 13.2. The molecule has 120 valence electrons. The van der Waals surface area contributed by atoms with E-state index in [0.717, 1.165) is 39.8 Å².